The van der Waals surface area contributed by atoms with Gasteiger partial charge in [0.2, 0.25) is 10.4 Å². The van der Waals surface area contributed by atoms with Crippen LogP contribution in [-0.4, -0.2) is 232 Å². The number of hydrogen-bond donors (Lipinski definition) is 9. The van der Waals surface area contributed by atoms with Crippen molar-refractivity contribution in [2.45, 2.75) is 222 Å². The van der Waals surface area contributed by atoms with Crippen molar-refractivity contribution in [1.82, 2.24) is 0 Å². The van der Waals surface area contributed by atoms with E-state index in [9.17, 15) is 68.5 Å². The number of esters is 2. The molecular formula is C54H81NaO26S. The third-order valence-electron chi connectivity index (χ3n) is 19.7. The van der Waals surface area contributed by atoms with Gasteiger partial charge in [-0.2, -0.15) is 0 Å². The molecule has 0 unspecified atom stereocenters. The number of carbonyl (C=O) groups excluding carboxylic acids is 2. The van der Waals surface area contributed by atoms with Gasteiger partial charge in [-0.05, 0) is 88.0 Å². The fraction of sp³-hybridized carbons (Fsp3) is 0.852. The van der Waals surface area contributed by atoms with Crippen LogP contribution in [0.4, 0.5) is 0 Å². The molecule has 1 spiro atoms. The van der Waals surface area contributed by atoms with Crippen molar-refractivity contribution in [1.29, 1.82) is 0 Å². The Balaban J connectivity index is 0.00000880. The minimum Gasteiger partial charge on any atom is -0.726 e. The predicted molar refractivity (Wildman–Crippen MR) is 271 cm³/mol. The normalized spacial score (nSPS) is 49.0. The number of methoxy groups -OCH3 is 1. The van der Waals surface area contributed by atoms with Crippen LogP contribution in [0.2, 0.25) is 0 Å². The predicted octanol–water partition coefficient (Wildman–Crippen LogP) is -4.22. The van der Waals surface area contributed by atoms with Gasteiger partial charge in [0.25, 0.3) is 0 Å². The molecule has 5 heterocycles. The van der Waals surface area contributed by atoms with E-state index in [1.807, 2.05) is 40.7 Å². The molecule has 4 aliphatic carbocycles. The van der Waals surface area contributed by atoms with Gasteiger partial charge in [-0.1, -0.05) is 57.1 Å². The van der Waals surface area contributed by atoms with Crippen molar-refractivity contribution >= 4 is 22.3 Å². The molecule has 3 saturated carbocycles. The van der Waals surface area contributed by atoms with Gasteiger partial charge in [-0.3, -0.25) is 13.8 Å². The minimum atomic E-state index is -5.42. The van der Waals surface area contributed by atoms with Crippen molar-refractivity contribution in [3.8, 4) is 0 Å². The van der Waals surface area contributed by atoms with E-state index in [1.165, 1.54) is 14.0 Å². The fourth-order valence-corrected chi connectivity index (χ4v) is 16.1. The van der Waals surface area contributed by atoms with Crippen LogP contribution < -0.4 is 29.6 Å². The summed E-state index contributed by atoms with van der Waals surface area (Å²) in [4.78, 5) is 27.4. The van der Waals surface area contributed by atoms with Gasteiger partial charge in [0.15, 0.2) is 36.4 Å². The Bertz CT molecular complexity index is 2530. The number of aliphatic hydroxyl groups excluding tert-OH is 8. The molecule has 5 aliphatic heterocycles. The molecule has 9 N–H and O–H groups in total. The molecule has 8 fully saturated rings. The van der Waals surface area contributed by atoms with Crippen molar-refractivity contribution < 1.29 is 154 Å². The van der Waals surface area contributed by atoms with Gasteiger partial charge in [-0.15, -0.1) is 0 Å². The standard InChI is InChI=1S/C54H82O26S.Na/c1-24(2)11-10-16-52(8)54(65)34(73-25(3)56)19-51(7)27-12-13-32-49(4,5)33(15-17-50(32,6)26(27)14-18-53(51,54)48(64)79-52)76-47-43(37(60)31(23-72-47)80-81(66,67)68)78-44-38(61)35(58)30(22-71-44)75-45-39(62)41(28(57)21-70-45)77-46-40(63)42(69-9)36(59)29(20-55)74-46;/h10-12,16,26,28-47,55,57-63,65H,13-15,17-23H2,1-9H3,(H,66,67,68);/q;+1/p-1/b16-10+;/t26-,28+,29+,30+,31+,32-,33-,34-,35-,36+,37-,38+,39+,40+,41-,42-,43+,44-,45-,46-,47-,50+,51-,52-,53+,54-;/m0./s1. The number of rotatable bonds is 15. The second-order valence-electron chi connectivity index (χ2n) is 24.9. The Morgan fingerprint density at radius 3 is 2.05 bits per heavy atom. The van der Waals surface area contributed by atoms with Crippen molar-refractivity contribution in [2.75, 3.05) is 33.5 Å². The van der Waals surface area contributed by atoms with Crippen LogP contribution in [0.25, 0.3) is 0 Å². The third kappa shape index (κ3) is 11.1. The quantitative estimate of drug-likeness (QED) is 0.0187. The van der Waals surface area contributed by atoms with Crippen LogP contribution in [0.5, 0.6) is 0 Å². The summed E-state index contributed by atoms with van der Waals surface area (Å²) in [7, 11) is -4.22. The molecule has 9 aliphatic rings. The van der Waals surface area contributed by atoms with Crippen LogP contribution in [-0.2, 0) is 76.3 Å². The smallest absolute Gasteiger partial charge is 0.726 e. The summed E-state index contributed by atoms with van der Waals surface area (Å²) >= 11 is 0. The first kappa shape index (κ1) is 66.3. The summed E-state index contributed by atoms with van der Waals surface area (Å²) in [5, 5.41) is 101. The molecule has 26 atom stereocenters. The maximum Gasteiger partial charge on any atom is 1.00 e. The second-order valence-corrected chi connectivity index (χ2v) is 25.9. The van der Waals surface area contributed by atoms with E-state index in [0.29, 0.717) is 25.7 Å². The van der Waals surface area contributed by atoms with E-state index < -0.39 is 198 Å². The average molecular weight is 1200 g/mol. The van der Waals surface area contributed by atoms with Crippen LogP contribution in [0, 0.1) is 33.5 Å². The topological polar surface area (TPSA) is 384 Å². The first-order valence-corrected chi connectivity index (χ1v) is 29.0. The van der Waals surface area contributed by atoms with E-state index >= 15 is 0 Å². The van der Waals surface area contributed by atoms with Gasteiger partial charge in [0.1, 0.15) is 90.9 Å². The van der Waals surface area contributed by atoms with Gasteiger partial charge in [0, 0.05) is 19.4 Å². The molecule has 0 aromatic rings. The molecule has 0 bridgehead atoms. The van der Waals surface area contributed by atoms with E-state index in [4.69, 9.17) is 52.1 Å². The van der Waals surface area contributed by atoms with E-state index in [-0.39, 0.29) is 54.2 Å². The number of aliphatic hydroxyl groups is 9. The summed E-state index contributed by atoms with van der Waals surface area (Å²) < 4.78 is 105. The first-order chi connectivity index (χ1) is 37.8. The number of fused-ring (bicyclic) bond motifs is 4. The molecule has 9 rings (SSSR count). The van der Waals surface area contributed by atoms with Crippen LogP contribution in [0.15, 0.2) is 35.5 Å². The van der Waals surface area contributed by atoms with Gasteiger partial charge < -0.3 is 103 Å². The van der Waals surface area contributed by atoms with Crippen LogP contribution in [0.3, 0.4) is 0 Å². The molecule has 28 heteroatoms. The van der Waals surface area contributed by atoms with Crippen LogP contribution >= 0.6 is 0 Å². The Labute approximate surface area is 498 Å². The van der Waals surface area contributed by atoms with E-state index in [1.54, 1.807) is 19.1 Å². The van der Waals surface area contributed by atoms with Crippen molar-refractivity contribution in [2.24, 2.45) is 33.5 Å². The number of allylic oxidation sites excluding steroid dienone is 5. The first-order valence-electron chi connectivity index (χ1n) is 27.7. The third-order valence-corrected chi connectivity index (χ3v) is 20.2. The molecule has 0 aromatic heterocycles. The van der Waals surface area contributed by atoms with E-state index in [2.05, 4.69) is 17.2 Å². The van der Waals surface area contributed by atoms with Gasteiger partial charge in [0.05, 0.1) is 32.5 Å². The molecule has 0 radical (unpaired) electrons. The van der Waals surface area contributed by atoms with Crippen LogP contribution in [0.1, 0.15) is 93.9 Å². The Kier molecular flexibility index (Phi) is 19.7. The second kappa shape index (κ2) is 24.4. The maximum atomic E-state index is 14.7. The summed E-state index contributed by atoms with van der Waals surface area (Å²) in [6.45, 7) is 12.6. The largest absolute Gasteiger partial charge is 1.00 e. The summed E-state index contributed by atoms with van der Waals surface area (Å²) in [5.74, 6) is -1.36. The summed E-state index contributed by atoms with van der Waals surface area (Å²) in [5.41, 5.74) is -5.08. The molecular weight excluding hydrogens is 1120 g/mol. The SMILES string of the molecule is CO[C@@H]1[C@@H](O)[C@H](O[C@@H]2[C@@H](O)[C@H](O[C@@H]3CO[C@@H](O[C@H]4[C@H](O[C@H]5CC[C@]6(C)[C@H]7CC[C@]89C(=O)O[C@@](C)(/C=C/C=C(C)C)[C@@]8(O)[C@@H](OC(C)=O)C[C@@]9(C)C7=CC[C@H]6C5(C)C)OC[C@@H](OS(=O)(=O)[O-])[C@@H]4O)[C@H](O)[C@H]3O)OC[C@H]2O)O[C@H](CO)[C@H]1O.[Na+]. The zero-order valence-corrected chi connectivity index (χ0v) is 50.7. The van der Waals surface area contributed by atoms with Crippen molar-refractivity contribution in [3.63, 3.8) is 0 Å². The molecule has 5 saturated heterocycles. The molecule has 0 amide bonds. The number of ether oxygens (including phenoxy) is 11. The minimum absolute atomic E-state index is 0. The monoisotopic (exact) mass is 1200 g/mol. The molecule has 460 valence electrons. The molecule has 82 heavy (non-hydrogen) atoms. The zero-order valence-electron chi connectivity index (χ0n) is 47.9. The summed E-state index contributed by atoms with van der Waals surface area (Å²) in [6, 6.07) is 0. The average Bonchev–Trinajstić information content (AvgIpc) is 1.55. The van der Waals surface area contributed by atoms with Crippen molar-refractivity contribution in [3.05, 3.63) is 35.5 Å². The zero-order chi connectivity index (χ0) is 59.3. The maximum absolute atomic E-state index is 14.7. The number of carbonyl (C=O) groups is 2. The van der Waals surface area contributed by atoms with E-state index in [0.717, 1.165) is 11.1 Å². The van der Waals surface area contributed by atoms with Gasteiger partial charge in [-0.25, -0.2) is 8.42 Å². The Morgan fingerprint density at radius 2 is 1.40 bits per heavy atom. The Hall–Kier alpha value is -1.69. The summed E-state index contributed by atoms with van der Waals surface area (Å²) in [6.07, 6.45) is -20.1. The molecule has 26 nitrogen and oxygen atoms in total. The number of hydrogen-bond acceptors (Lipinski definition) is 26. The number of cyclic esters (lactones) is 1. The van der Waals surface area contributed by atoms with Gasteiger partial charge >= 0.3 is 41.5 Å². The fourth-order valence-electron chi connectivity index (χ4n) is 15.6. The Morgan fingerprint density at radius 1 is 0.768 bits per heavy atom. The molecule has 0 aromatic carbocycles.